The summed E-state index contributed by atoms with van der Waals surface area (Å²) in [6.07, 6.45) is -0.183. The Morgan fingerprint density at radius 1 is 1.08 bits per heavy atom. The smallest absolute Gasteiger partial charge is 0.336 e. The second kappa shape index (κ2) is 9.68. The number of rotatable bonds is 5. The summed E-state index contributed by atoms with van der Waals surface area (Å²) in [5, 5.41) is 31.3. The summed E-state index contributed by atoms with van der Waals surface area (Å²) in [6, 6.07) is 10.2. The number of amides is 1. The Morgan fingerprint density at radius 2 is 1.89 bits per heavy atom. The van der Waals surface area contributed by atoms with E-state index in [4.69, 9.17) is 4.74 Å². The molecule has 2 N–H and O–H groups in total. The molecule has 1 unspecified atom stereocenters. The minimum atomic E-state index is -1.51. The summed E-state index contributed by atoms with van der Waals surface area (Å²) in [4.78, 5) is 32.5. The van der Waals surface area contributed by atoms with Crippen LogP contribution in [-0.4, -0.2) is 62.6 Å². The number of carbonyl (C=O) groups excluding carboxylic acids is 1. The monoisotopic (exact) mass is 490 g/mol. The zero-order chi connectivity index (χ0) is 25.2. The SMILES string of the molecule is O=NC(=O)c1ccc(C(O)c2cc(-c3ncnc4cc(N5CCOCC5)ccc34)c(F)cc2O)nn1. The number of hydrogen-bond acceptors (Lipinski definition) is 10. The van der Waals surface area contributed by atoms with Gasteiger partial charge in [-0.15, -0.1) is 10.0 Å². The molecule has 1 fully saturated rings. The molecule has 11 nitrogen and oxygen atoms in total. The molecule has 0 bridgehead atoms. The fourth-order valence-electron chi connectivity index (χ4n) is 4.07. The first-order chi connectivity index (χ1) is 17.5. The van der Waals surface area contributed by atoms with E-state index in [0.717, 1.165) is 24.8 Å². The summed E-state index contributed by atoms with van der Waals surface area (Å²) in [5.74, 6) is -2.36. The second-order valence-electron chi connectivity index (χ2n) is 8.06. The number of nitrogens with zero attached hydrogens (tertiary/aromatic N) is 6. The van der Waals surface area contributed by atoms with Gasteiger partial charge in [-0.25, -0.2) is 14.4 Å². The molecular formula is C24H19FN6O5. The molecule has 1 saturated heterocycles. The van der Waals surface area contributed by atoms with Crippen LogP contribution in [0.5, 0.6) is 5.75 Å². The third-order valence-electron chi connectivity index (χ3n) is 5.93. The van der Waals surface area contributed by atoms with Crippen molar-refractivity contribution in [2.45, 2.75) is 6.10 Å². The summed E-state index contributed by atoms with van der Waals surface area (Å²) in [6.45, 7) is 2.77. The first-order valence-electron chi connectivity index (χ1n) is 11.0. The van der Waals surface area contributed by atoms with Gasteiger partial charge in [0.05, 0.1) is 30.1 Å². The number of fused-ring (bicyclic) bond motifs is 1. The highest BCUT2D eigenvalue weighted by molar-refractivity contribution is 5.94. The van der Waals surface area contributed by atoms with Gasteiger partial charge in [-0.3, -0.25) is 4.79 Å². The lowest BCUT2D eigenvalue weighted by Gasteiger charge is -2.29. The van der Waals surface area contributed by atoms with Crippen LogP contribution in [0, 0.1) is 10.7 Å². The van der Waals surface area contributed by atoms with E-state index >= 15 is 4.39 Å². The van der Waals surface area contributed by atoms with Crippen molar-refractivity contribution in [2.75, 3.05) is 31.2 Å². The maximum absolute atomic E-state index is 15.0. The number of carbonyl (C=O) groups is 1. The number of nitroso groups, excluding NO2 is 1. The lowest BCUT2D eigenvalue weighted by atomic mass is 9.98. The van der Waals surface area contributed by atoms with Crippen LogP contribution in [0.25, 0.3) is 22.2 Å². The first kappa shape index (κ1) is 23.3. The quantitative estimate of drug-likeness (QED) is 0.400. The lowest BCUT2D eigenvalue weighted by molar-refractivity contribution is 0.0994. The third kappa shape index (κ3) is 4.34. The van der Waals surface area contributed by atoms with Gasteiger partial charge in [0.15, 0.2) is 5.69 Å². The number of aliphatic hydroxyl groups excluding tert-OH is 1. The average Bonchev–Trinajstić information content (AvgIpc) is 2.92. The Hall–Kier alpha value is -4.42. The van der Waals surface area contributed by atoms with Crippen LogP contribution < -0.4 is 4.90 Å². The number of aromatic nitrogens is 4. The van der Waals surface area contributed by atoms with Gasteiger partial charge in [-0.2, -0.15) is 5.10 Å². The fourth-order valence-corrected chi connectivity index (χ4v) is 4.07. The predicted molar refractivity (Wildman–Crippen MR) is 126 cm³/mol. The molecule has 5 rings (SSSR count). The van der Waals surface area contributed by atoms with Gasteiger partial charge >= 0.3 is 5.91 Å². The molecule has 2 aromatic carbocycles. The van der Waals surface area contributed by atoms with E-state index in [-0.39, 0.29) is 28.2 Å². The highest BCUT2D eigenvalue weighted by Gasteiger charge is 2.23. The molecule has 36 heavy (non-hydrogen) atoms. The minimum absolute atomic E-state index is 0.0343. The molecule has 0 aliphatic carbocycles. The zero-order valence-corrected chi connectivity index (χ0v) is 18.7. The van der Waals surface area contributed by atoms with E-state index in [1.807, 2.05) is 12.1 Å². The minimum Gasteiger partial charge on any atom is -0.507 e. The first-order valence-corrected chi connectivity index (χ1v) is 11.0. The molecule has 1 aliphatic rings. The maximum atomic E-state index is 15.0. The highest BCUT2D eigenvalue weighted by atomic mass is 19.1. The molecule has 4 aromatic rings. The van der Waals surface area contributed by atoms with E-state index in [2.05, 4.69) is 30.2 Å². The molecule has 1 atom stereocenters. The number of phenolic OH excluding ortho intramolecular Hbond substituents is 1. The van der Waals surface area contributed by atoms with E-state index in [1.54, 1.807) is 6.07 Å². The molecule has 2 aromatic heterocycles. The van der Waals surface area contributed by atoms with Crippen molar-refractivity contribution in [1.29, 1.82) is 0 Å². The van der Waals surface area contributed by atoms with Crippen molar-refractivity contribution in [3.05, 3.63) is 76.5 Å². The zero-order valence-electron chi connectivity index (χ0n) is 18.7. The van der Waals surface area contributed by atoms with Gasteiger partial charge in [0.1, 0.15) is 24.0 Å². The van der Waals surface area contributed by atoms with Crippen molar-refractivity contribution in [3.8, 4) is 17.0 Å². The van der Waals surface area contributed by atoms with Gasteiger partial charge in [0.25, 0.3) is 0 Å². The molecule has 0 radical (unpaired) electrons. The predicted octanol–water partition coefficient (Wildman–Crippen LogP) is 2.76. The number of morpholine rings is 1. The average molecular weight is 490 g/mol. The van der Waals surface area contributed by atoms with Crippen molar-refractivity contribution in [3.63, 3.8) is 0 Å². The standard InChI is InChI=1S/C24H19FN6O5/c25-17-11-21(32)16(23(33)18-3-4-19(29-28-18)24(34)30-35)10-15(17)22-14-2-1-13(9-20(14)26-12-27-22)31-5-7-36-8-6-31/h1-4,9-12,23,32-33H,5-8H2. The number of halogens is 1. The van der Waals surface area contributed by atoms with Crippen molar-refractivity contribution < 1.29 is 24.1 Å². The van der Waals surface area contributed by atoms with Crippen molar-refractivity contribution >= 4 is 22.5 Å². The van der Waals surface area contributed by atoms with Gasteiger partial charge in [0.2, 0.25) is 0 Å². The van der Waals surface area contributed by atoms with Crippen LogP contribution in [0.2, 0.25) is 0 Å². The molecule has 1 aliphatic heterocycles. The number of anilines is 1. The summed E-state index contributed by atoms with van der Waals surface area (Å²) < 4.78 is 20.4. The molecule has 3 heterocycles. The van der Waals surface area contributed by atoms with Gasteiger partial charge in [-0.05, 0) is 36.4 Å². The largest absolute Gasteiger partial charge is 0.507 e. The van der Waals surface area contributed by atoms with E-state index in [0.29, 0.717) is 24.1 Å². The number of hydrogen-bond donors (Lipinski definition) is 2. The molecule has 0 saturated carbocycles. The number of benzene rings is 2. The van der Waals surface area contributed by atoms with Crippen LogP contribution in [-0.2, 0) is 4.74 Å². The number of phenols is 1. The van der Waals surface area contributed by atoms with Crippen LogP contribution in [0.15, 0.2) is 54.0 Å². The van der Waals surface area contributed by atoms with E-state index < -0.39 is 23.6 Å². The summed E-state index contributed by atoms with van der Waals surface area (Å²) in [5.41, 5.74) is 1.50. The summed E-state index contributed by atoms with van der Waals surface area (Å²) in [7, 11) is 0. The lowest BCUT2D eigenvalue weighted by Crippen LogP contribution is -2.36. The maximum Gasteiger partial charge on any atom is 0.336 e. The molecule has 12 heteroatoms. The second-order valence-corrected chi connectivity index (χ2v) is 8.06. The Balaban J connectivity index is 1.53. The van der Waals surface area contributed by atoms with Crippen LogP contribution >= 0.6 is 0 Å². The number of aromatic hydroxyl groups is 1. The Bertz CT molecular complexity index is 1460. The number of ether oxygens (including phenoxy) is 1. The highest BCUT2D eigenvalue weighted by Crippen LogP contribution is 2.36. The van der Waals surface area contributed by atoms with Crippen LogP contribution in [0.3, 0.4) is 0 Å². The third-order valence-corrected chi connectivity index (χ3v) is 5.93. The van der Waals surface area contributed by atoms with Crippen molar-refractivity contribution in [1.82, 2.24) is 20.2 Å². The van der Waals surface area contributed by atoms with E-state index in [9.17, 15) is 19.9 Å². The summed E-state index contributed by atoms with van der Waals surface area (Å²) >= 11 is 0. The molecule has 182 valence electrons. The fraction of sp³-hybridized carbons (Fsp3) is 0.208. The Kier molecular flexibility index (Phi) is 6.27. The topological polar surface area (TPSA) is 151 Å². The van der Waals surface area contributed by atoms with Crippen LogP contribution in [0.4, 0.5) is 10.1 Å². The van der Waals surface area contributed by atoms with Crippen molar-refractivity contribution in [2.24, 2.45) is 5.18 Å². The van der Waals surface area contributed by atoms with Gasteiger partial charge < -0.3 is 19.8 Å². The van der Waals surface area contributed by atoms with E-state index in [1.165, 1.54) is 24.5 Å². The molecule has 1 amide bonds. The molecule has 0 spiro atoms. The normalized spacial score (nSPS) is 14.6. The van der Waals surface area contributed by atoms with Gasteiger partial charge in [-0.1, -0.05) is 0 Å². The Labute approximate surface area is 203 Å². The Morgan fingerprint density at radius 3 is 2.61 bits per heavy atom. The van der Waals surface area contributed by atoms with Gasteiger partial charge in [0, 0.05) is 46.5 Å². The molecular weight excluding hydrogens is 471 g/mol. The number of aliphatic hydroxyl groups is 1. The van der Waals surface area contributed by atoms with Crippen LogP contribution in [0.1, 0.15) is 27.8 Å².